The van der Waals surface area contributed by atoms with Crippen molar-refractivity contribution in [3.05, 3.63) is 0 Å². The summed E-state index contributed by atoms with van der Waals surface area (Å²) in [5.74, 6) is 1.13. The summed E-state index contributed by atoms with van der Waals surface area (Å²) in [6.07, 6.45) is 3.80. The number of unbranched alkanes of at least 4 members (excludes halogenated alkanes) is 1. The molecule has 2 saturated heterocycles. The Kier molecular flexibility index (Phi) is 14.4. The van der Waals surface area contributed by atoms with Gasteiger partial charge in [0.15, 0.2) is 0 Å². The van der Waals surface area contributed by atoms with Crippen LogP contribution in [0.3, 0.4) is 0 Å². The summed E-state index contributed by atoms with van der Waals surface area (Å²) in [7, 11) is 0. The molecule has 0 unspecified atom stereocenters. The highest BCUT2D eigenvalue weighted by molar-refractivity contribution is 8.00. The molecule has 10 nitrogen and oxygen atoms in total. The van der Waals surface area contributed by atoms with E-state index < -0.39 is 0 Å². The molecule has 0 bridgehead atoms. The summed E-state index contributed by atoms with van der Waals surface area (Å²) in [5, 5.41) is 9.25. The van der Waals surface area contributed by atoms with Crippen LogP contribution in [0.5, 0.6) is 0 Å². The minimum atomic E-state index is -0.0577. The first-order chi connectivity index (χ1) is 16.1. The molecule has 11 heteroatoms. The average molecular weight is 490 g/mol. The van der Waals surface area contributed by atoms with Gasteiger partial charge in [0.1, 0.15) is 5.78 Å². The number of urea groups is 1. The molecule has 2 aliphatic rings. The molecule has 2 aliphatic heterocycles. The first-order valence-corrected chi connectivity index (χ1v) is 12.9. The van der Waals surface area contributed by atoms with E-state index in [-0.39, 0.29) is 29.8 Å². The predicted octanol–water partition coefficient (Wildman–Crippen LogP) is 0.874. The molecule has 3 N–H and O–H groups in total. The van der Waals surface area contributed by atoms with Crippen molar-refractivity contribution in [1.29, 1.82) is 0 Å². The van der Waals surface area contributed by atoms with E-state index in [1.807, 2.05) is 11.8 Å². The zero-order valence-corrected chi connectivity index (χ0v) is 20.4. The first kappa shape index (κ1) is 27.8. The zero-order valence-electron chi connectivity index (χ0n) is 19.6. The predicted molar refractivity (Wildman–Crippen MR) is 126 cm³/mol. The van der Waals surface area contributed by atoms with Crippen LogP contribution in [0, 0.1) is 0 Å². The van der Waals surface area contributed by atoms with Gasteiger partial charge >= 0.3 is 6.03 Å². The van der Waals surface area contributed by atoms with Gasteiger partial charge in [-0.25, -0.2) is 4.79 Å². The van der Waals surface area contributed by atoms with Crippen molar-refractivity contribution >= 4 is 29.5 Å². The third kappa shape index (κ3) is 12.6. The summed E-state index contributed by atoms with van der Waals surface area (Å²) in [4.78, 5) is 34.0. The van der Waals surface area contributed by atoms with Gasteiger partial charge in [-0.15, -0.1) is 0 Å². The van der Waals surface area contributed by atoms with Crippen molar-refractivity contribution in [2.45, 2.75) is 56.4 Å². The molecule has 0 aromatic heterocycles. The maximum Gasteiger partial charge on any atom is 0.315 e. The van der Waals surface area contributed by atoms with Gasteiger partial charge in [0.2, 0.25) is 5.91 Å². The summed E-state index contributed by atoms with van der Waals surface area (Å²) in [6.45, 7) is 5.79. The lowest BCUT2D eigenvalue weighted by molar-refractivity contribution is -0.121. The van der Waals surface area contributed by atoms with Crippen LogP contribution in [-0.2, 0) is 28.5 Å². The molecule has 0 aromatic carbocycles. The molecular formula is C22H39N3O7S. The molecule has 0 aromatic rings. The van der Waals surface area contributed by atoms with Crippen LogP contribution < -0.4 is 16.0 Å². The molecular weight excluding hydrogens is 450 g/mol. The maximum atomic E-state index is 11.9. The second-order valence-corrected chi connectivity index (χ2v) is 9.39. The molecule has 190 valence electrons. The highest BCUT2D eigenvalue weighted by Crippen LogP contribution is 2.33. The fourth-order valence-electron chi connectivity index (χ4n) is 3.60. The van der Waals surface area contributed by atoms with Crippen molar-refractivity contribution in [2.24, 2.45) is 0 Å². The molecule has 0 aliphatic carbocycles. The number of hydrogen-bond donors (Lipinski definition) is 3. The monoisotopic (exact) mass is 489 g/mol. The van der Waals surface area contributed by atoms with E-state index in [1.165, 1.54) is 0 Å². The van der Waals surface area contributed by atoms with Gasteiger partial charge in [-0.2, -0.15) is 11.8 Å². The number of ketones is 1. The van der Waals surface area contributed by atoms with Crippen molar-refractivity contribution in [3.63, 3.8) is 0 Å². The lowest BCUT2D eigenvalue weighted by atomic mass is 10.0. The number of fused-ring (bicyclic) bond motifs is 1. The molecule has 33 heavy (non-hydrogen) atoms. The minimum Gasteiger partial charge on any atom is -0.379 e. The van der Waals surface area contributed by atoms with Crippen LogP contribution >= 0.6 is 11.8 Å². The number of Topliss-reactive ketones (excluding diaryl/α,β-unsaturated/α-hetero) is 1. The average Bonchev–Trinajstić information content (AvgIpc) is 3.33. The smallest absolute Gasteiger partial charge is 0.315 e. The molecule has 2 fully saturated rings. The molecule has 2 heterocycles. The summed E-state index contributed by atoms with van der Waals surface area (Å²) in [5.41, 5.74) is 0. The first-order valence-electron chi connectivity index (χ1n) is 11.8. The van der Waals surface area contributed by atoms with E-state index in [9.17, 15) is 14.4 Å². The number of amides is 3. The van der Waals surface area contributed by atoms with Crippen LogP contribution in [-0.4, -0.2) is 100 Å². The Morgan fingerprint density at radius 2 is 1.55 bits per heavy atom. The molecule has 3 atom stereocenters. The van der Waals surface area contributed by atoms with Crippen molar-refractivity contribution < 1.29 is 33.3 Å². The second kappa shape index (κ2) is 17.1. The third-order valence-electron chi connectivity index (χ3n) is 5.36. The number of ether oxygens (including phenoxy) is 4. The minimum absolute atomic E-state index is 0.0464. The van der Waals surface area contributed by atoms with Gasteiger partial charge in [-0.3, -0.25) is 9.59 Å². The van der Waals surface area contributed by atoms with Gasteiger partial charge in [0.25, 0.3) is 0 Å². The topological polar surface area (TPSA) is 124 Å². The maximum absolute atomic E-state index is 11.9. The van der Waals surface area contributed by atoms with Crippen LogP contribution in [0.2, 0.25) is 0 Å². The summed E-state index contributed by atoms with van der Waals surface area (Å²) >= 11 is 1.90. The van der Waals surface area contributed by atoms with E-state index in [1.54, 1.807) is 6.92 Å². The number of nitrogens with one attached hydrogen (secondary N) is 3. The van der Waals surface area contributed by atoms with E-state index in [0.717, 1.165) is 25.0 Å². The highest BCUT2D eigenvalue weighted by atomic mass is 32.2. The molecule has 0 saturated carbocycles. The van der Waals surface area contributed by atoms with Crippen molar-refractivity contribution in [3.8, 4) is 0 Å². The van der Waals surface area contributed by atoms with Gasteiger partial charge < -0.3 is 34.9 Å². The number of hydrogen-bond acceptors (Lipinski definition) is 8. The largest absolute Gasteiger partial charge is 0.379 e. The number of carbonyl (C=O) groups is 3. The number of rotatable bonds is 20. The van der Waals surface area contributed by atoms with E-state index >= 15 is 0 Å². The van der Waals surface area contributed by atoms with Gasteiger partial charge in [-0.1, -0.05) is 6.42 Å². The fourth-order valence-corrected chi connectivity index (χ4v) is 5.15. The SMILES string of the molecule is CC(=O)CCOCCOCCOCCOCCNC(=O)CCCC[C@H]1SC[C@H]2NC(=O)N[C@H]21. The van der Waals surface area contributed by atoms with Crippen LogP contribution in [0.25, 0.3) is 0 Å². The fraction of sp³-hybridized carbons (Fsp3) is 0.864. The van der Waals surface area contributed by atoms with Gasteiger partial charge in [0.05, 0.1) is 64.9 Å². The zero-order chi connectivity index (χ0) is 23.7. The summed E-state index contributed by atoms with van der Waals surface area (Å²) in [6, 6.07) is 0.427. The summed E-state index contributed by atoms with van der Waals surface area (Å²) < 4.78 is 21.5. The van der Waals surface area contributed by atoms with E-state index in [0.29, 0.717) is 77.5 Å². The van der Waals surface area contributed by atoms with Gasteiger partial charge in [-0.05, 0) is 19.8 Å². The number of thioether (sulfide) groups is 1. The van der Waals surface area contributed by atoms with Crippen molar-refractivity contribution in [2.75, 3.05) is 65.2 Å². The Balaban J connectivity index is 1.28. The Hall–Kier alpha value is -1.40. The molecule has 0 radical (unpaired) electrons. The quantitative estimate of drug-likeness (QED) is 0.170. The van der Waals surface area contributed by atoms with Crippen molar-refractivity contribution in [1.82, 2.24) is 16.0 Å². The van der Waals surface area contributed by atoms with E-state index in [2.05, 4.69) is 16.0 Å². The highest BCUT2D eigenvalue weighted by Gasteiger charge is 2.42. The third-order valence-corrected chi connectivity index (χ3v) is 6.87. The Morgan fingerprint density at radius 3 is 2.21 bits per heavy atom. The molecule has 3 amide bonds. The van der Waals surface area contributed by atoms with Gasteiger partial charge in [0, 0.05) is 30.4 Å². The lowest BCUT2D eigenvalue weighted by Gasteiger charge is -2.16. The Labute approximate surface area is 200 Å². The number of carbonyl (C=O) groups excluding carboxylic acids is 3. The van der Waals surface area contributed by atoms with Crippen LogP contribution in [0.1, 0.15) is 39.0 Å². The van der Waals surface area contributed by atoms with Crippen LogP contribution in [0.4, 0.5) is 4.79 Å². The normalized spacial score (nSPS) is 21.5. The molecule has 2 rings (SSSR count). The van der Waals surface area contributed by atoms with Crippen LogP contribution in [0.15, 0.2) is 0 Å². The Morgan fingerprint density at radius 1 is 0.909 bits per heavy atom. The standard InChI is InChI=1S/C22H39N3O7S/c1-17(26)6-8-29-10-12-31-14-15-32-13-11-30-9-7-23-20(27)5-3-2-4-19-21-18(16-33-19)24-22(28)25-21/h18-19,21H,2-16H2,1H3,(H,23,27)(H2,24,25,28)/t18-,19-,21-/m1/s1. The molecule has 0 spiro atoms. The second-order valence-electron chi connectivity index (χ2n) is 8.12. The van der Waals surface area contributed by atoms with E-state index in [4.69, 9.17) is 18.9 Å². The lowest BCUT2D eigenvalue weighted by Crippen LogP contribution is -2.36. The Bertz CT molecular complexity index is 596.